The second-order valence-corrected chi connectivity index (χ2v) is 47.2. The van der Waals surface area contributed by atoms with Gasteiger partial charge in [0.1, 0.15) is 28.4 Å². The number of para-hydroxylation sites is 2. The fourth-order valence-corrected chi connectivity index (χ4v) is 27.0. The lowest BCUT2D eigenvalue weighted by Gasteiger charge is -2.41. The quantitative estimate of drug-likeness (QED) is 0.0229. The number of guanidine groups is 4. The molecule has 6 heterocycles. The molecule has 18 rings (SSSR count). The minimum Gasteiger partial charge on any atom is -0.484 e. The summed E-state index contributed by atoms with van der Waals surface area (Å²) >= 11 is 3.59. The van der Waals surface area contributed by atoms with Crippen LogP contribution in [0.1, 0.15) is 382 Å². The van der Waals surface area contributed by atoms with Crippen molar-refractivity contribution in [3.8, 4) is 11.5 Å². The first-order valence-corrected chi connectivity index (χ1v) is 58.7. The fraction of sp³-hybridized carbons (Fsp3) is 0.661. The summed E-state index contributed by atoms with van der Waals surface area (Å²) in [6.45, 7) is 7.42. The van der Waals surface area contributed by atoms with Gasteiger partial charge in [-0.3, -0.25) is 53.2 Å². The van der Waals surface area contributed by atoms with Crippen molar-refractivity contribution in [2.24, 2.45) is 96.2 Å². The van der Waals surface area contributed by atoms with E-state index in [-0.39, 0.29) is 71.8 Å². The molecule has 26 heteroatoms. The van der Waals surface area contributed by atoms with E-state index in [4.69, 9.17) is 52.4 Å². The average molecular weight is 2080 g/mol. The Bertz CT molecular complexity index is 5110. The monoisotopic (exact) mass is 2080 g/mol. The summed E-state index contributed by atoms with van der Waals surface area (Å²) in [6, 6.07) is 41.3. The van der Waals surface area contributed by atoms with Gasteiger partial charge in [-0.25, -0.2) is 24.4 Å². The van der Waals surface area contributed by atoms with Crippen molar-refractivity contribution >= 4 is 81.1 Å². The molecular weight excluding hydrogens is 1910 g/mol. The van der Waals surface area contributed by atoms with Gasteiger partial charge in [-0.1, -0.05) is 345 Å². The first-order valence-electron chi connectivity index (χ1n) is 57.9. The van der Waals surface area contributed by atoms with Crippen LogP contribution in [0.4, 0.5) is 4.39 Å². The molecule has 0 aromatic heterocycles. The van der Waals surface area contributed by atoms with E-state index in [1.165, 1.54) is 243 Å². The highest BCUT2D eigenvalue weighted by Gasteiger charge is 2.54. The van der Waals surface area contributed by atoms with Gasteiger partial charge in [-0.15, -0.1) is 0 Å². The zero-order valence-electron chi connectivity index (χ0n) is 88.8. The van der Waals surface area contributed by atoms with Crippen LogP contribution < -0.4 is 37.7 Å². The summed E-state index contributed by atoms with van der Waals surface area (Å²) in [5.74, 6) is 8.33. The Kier molecular flexibility index (Phi) is 42.3. The van der Waals surface area contributed by atoms with E-state index in [0.29, 0.717) is 143 Å². The van der Waals surface area contributed by atoms with E-state index >= 15 is 0 Å². The highest BCUT2D eigenvalue weighted by molar-refractivity contribution is 9.10. The lowest BCUT2D eigenvalue weighted by molar-refractivity contribution is -0.136. The Morgan fingerprint density at radius 2 is 0.776 bits per heavy atom. The van der Waals surface area contributed by atoms with Crippen LogP contribution in [-0.2, 0) is 58.7 Å². The van der Waals surface area contributed by atoms with Crippen molar-refractivity contribution in [2.75, 3.05) is 52.5 Å². The molecule has 802 valence electrons. The van der Waals surface area contributed by atoms with Crippen LogP contribution in [0.5, 0.6) is 11.5 Å². The number of carbonyl (C=O) groups excluding carboxylic acids is 7. The van der Waals surface area contributed by atoms with Gasteiger partial charge in [-0.05, 0) is 227 Å². The number of nitrogens with one attached hydrogen (secondary N) is 1. The summed E-state index contributed by atoms with van der Waals surface area (Å²) in [5.41, 5.74) is 27.1. The Labute approximate surface area is 885 Å². The minimum absolute atomic E-state index is 0.00740. The number of likely N-dealkylation sites (tertiary alicyclic amines) is 2. The van der Waals surface area contributed by atoms with Crippen molar-refractivity contribution in [3.05, 3.63) is 166 Å². The summed E-state index contributed by atoms with van der Waals surface area (Å²) in [4.78, 5) is 123. The number of halogens is 2. The molecule has 7 saturated carbocycles. The van der Waals surface area contributed by atoms with Crippen LogP contribution >= 0.6 is 15.9 Å². The van der Waals surface area contributed by atoms with Crippen LogP contribution in [0.3, 0.4) is 0 Å². The standard InChI is InChI=1S/C33H52N4O2.C32H48N4O3.C31H39BrN4O3.C25H36FN3O/c1-2-3-6-15-30(38)35-24-28-16-18-29(19-17-28)25-37-31(39)23-33(36-32(37)34,22-27-13-9-5-10-14-27)21-20-26-11-7-4-8-12-26;33-31-34-32(22-26-12-6-2-7-13-26,19-16-25-10-4-1-5-11-25)30(38)36(31)23-27-17-20-35(21-18-27)29(37)24-39-28-14-8-3-9-15-28;32-26-11-7-10-25(20-26)31(17-14-23-8-3-1-4-9-23)29(38)36(30(33)34-31)21-24-15-18-35(19-16-24)28(37)22-39-27-12-5-2-6-13-27;26-22-13-11-21(12-14-22)18-29-23(30)25(28-24(29)27,17-20-9-5-2-6-10-20)16-15-19-7-3-1-4-8-19/h16-19,26-27H,2-15,20-25H2,1H3,(H2,34,36)(H,35,38);3,8-9,14-15,25-27H,1-2,4-7,10-13,16-24H2,(H2,33,34);2,5-7,10-13,20,23-24H,1,3-4,8-9,14-19,21-22H2,(H2,33,34);11-14,19-20H,1-10,15-18H2,(H2,27,28)/t;;;25-/m...1/s1. The number of unbranched alkanes of at least 4 members (excludes halogenated alkanes) is 2. The van der Waals surface area contributed by atoms with Gasteiger partial charge in [0, 0.05) is 56.7 Å². The predicted molar refractivity (Wildman–Crippen MR) is 588 cm³/mol. The molecule has 9 fully saturated rings. The minimum atomic E-state index is -0.962. The topological polar surface area (TPSA) is 323 Å². The largest absolute Gasteiger partial charge is 0.484 e. The zero-order valence-corrected chi connectivity index (χ0v) is 90.4. The second kappa shape index (κ2) is 55.9. The Morgan fingerprint density at radius 3 is 1.22 bits per heavy atom. The molecule has 4 atom stereocenters. The van der Waals surface area contributed by atoms with Crippen molar-refractivity contribution in [3.63, 3.8) is 0 Å². The van der Waals surface area contributed by atoms with Crippen LogP contribution in [-0.4, -0.2) is 164 Å². The van der Waals surface area contributed by atoms with E-state index in [9.17, 15) is 38.0 Å². The second-order valence-electron chi connectivity index (χ2n) is 46.2. The van der Waals surface area contributed by atoms with E-state index < -0.39 is 16.6 Å². The number of carbonyl (C=O) groups is 7. The molecule has 2 saturated heterocycles. The highest BCUT2D eigenvalue weighted by atomic mass is 79.9. The van der Waals surface area contributed by atoms with Crippen molar-refractivity contribution in [1.82, 2.24) is 34.7 Å². The third-order valence-corrected chi connectivity index (χ3v) is 35.9. The van der Waals surface area contributed by atoms with E-state index in [2.05, 4.69) is 28.2 Å². The number of rotatable bonds is 39. The first kappa shape index (κ1) is 111. The zero-order chi connectivity index (χ0) is 103. The molecule has 147 heavy (non-hydrogen) atoms. The molecule has 0 bridgehead atoms. The number of amides is 7. The molecule has 0 radical (unpaired) electrons. The lowest BCUT2D eigenvalue weighted by atomic mass is 9.73. The van der Waals surface area contributed by atoms with Gasteiger partial charge in [0.25, 0.3) is 29.5 Å². The number of hydrogen-bond donors (Lipinski definition) is 5. The fourth-order valence-electron chi connectivity index (χ4n) is 26.6. The van der Waals surface area contributed by atoms with Crippen LogP contribution in [0.25, 0.3) is 0 Å². The summed E-state index contributed by atoms with van der Waals surface area (Å²) < 4.78 is 25.5. The highest BCUT2D eigenvalue weighted by Crippen LogP contribution is 2.48. The summed E-state index contributed by atoms with van der Waals surface area (Å²) in [5, 5.41) is 3.01. The van der Waals surface area contributed by atoms with Crippen molar-refractivity contribution in [2.45, 2.75) is 402 Å². The number of nitrogens with two attached hydrogens (primary N) is 4. The summed E-state index contributed by atoms with van der Waals surface area (Å²) in [7, 11) is 0. The van der Waals surface area contributed by atoms with Gasteiger partial charge < -0.3 is 47.5 Å². The molecular formula is C121H175BrFN15O9. The third-order valence-electron chi connectivity index (χ3n) is 35.4. The number of benzene rings is 5. The molecule has 5 aromatic rings. The molecule has 24 nitrogen and oxygen atoms in total. The first-order chi connectivity index (χ1) is 71.5. The van der Waals surface area contributed by atoms with E-state index in [1.54, 1.807) is 26.8 Å². The van der Waals surface area contributed by atoms with Gasteiger partial charge in [-0.2, -0.15) is 0 Å². The van der Waals surface area contributed by atoms with Gasteiger partial charge >= 0.3 is 0 Å². The van der Waals surface area contributed by atoms with Crippen LogP contribution in [0.2, 0.25) is 0 Å². The molecule has 0 spiro atoms. The maximum Gasteiger partial charge on any atom is 0.261 e. The molecule has 13 aliphatic rings. The predicted octanol–water partition coefficient (Wildman–Crippen LogP) is 23.6. The molecule has 3 unspecified atom stereocenters. The Balaban J connectivity index is 0.000000148. The Hall–Kier alpha value is -9.72. The van der Waals surface area contributed by atoms with E-state index in [1.807, 2.05) is 124 Å². The molecule has 7 aliphatic carbocycles. The molecule has 6 aliphatic heterocycles. The van der Waals surface area contributed by atoms with Gasteiger partial charge in [0.05, 0.1) is 25.0 Å². The molecule has 7 amide bonds. The van der Waals surface area contributed by atoms with Gasteiger partial charge in [0.2, 0.25) is 11.8 Å². The Morgan fingerprint density at radius 1 is 0.395 bits per heavy atom. The number of piperidine rings is 2. The maximum atomic E-state index is 14.1. The molecule has 9 N–H and O–H groups in total. The number of hydrogen-bond acceptors (Lipinski definition) is 17. The van der Waals surface area contributed by atoms with Crippen LogP contribution in [0.15, 0.2) is 158 Å². The molecule has 5 aromatic carbocycles. The SMILES string of the molecule is CCCCCC(=O)NCc1ccc(CN2C(=O)CC(CCC3CCCCC3)(CC3CCCCC3)N=C2N)cc1.NC1=NC(CCC2CCCCC2)(CC2CCCCC2)C(=O)N1CC1CCN(C(=O)COc2ccccc2)CC1.NC1=NC(CCC2CCCCC2)(c2cccc(Br)c2)C(=O)N1CC1CCN(C(=O)COc2ccccc2)CC1.NC1=N[C@](CCC2CCCCC2)(CC2CCCCC2)C(=O)N1Cc1ccc(F)cc1. The van der Waals surface area contributed by atoms with Crippen LogP contribution in [0, 0.1) is 59.1 Å². The maximum absolute atomic E-state index is 14.1. The van der Waals surface area contributed by atoms with Crippen molar-refractivity contribution in [1.29, 1.82) is 0 Å². The number of nitrogens with zero attached hydrogens (tertiary/aromatic N) is 10. The van der Waals surface area contributed by atoms with Gasteiger partial charge in [0.15, 0.2) is 42.6 Å². The third kappa shape index (κ3) is 32.2. The van der Waals surface area contributed by atoms with Crippen molar-refractivity contribution < 1.29 is 47.4 Å². The normalized spacial score (nSPS) is 24.3. The lowest BCUT2D eigenvalue weighted by Crippen LogP contribution is -2.51. The average Bonchev–Trinajstić information content (AvgIpc) is 1.55. The summed E-state index contributed by atoms with van der Waals surface area (Å²) in [6.07, 6.45) is 63.2. The smallest absolute Gasteiger partial charge is 0.261 e. The number of aliphatic imine (C=N–C) groups is 4. The van der Waals surface area contributed by atoms with E-state index in [0.717, 1.165) is 147 Å². The number of ether oxygens (including phenoxy) is 2.